The number of benzene rings is 2. The molecular formula is C19H17N3O2S. The number of nitrogens with one attached hydrogen (secondary N) is 1. The van der Waals surface area contributed by atoms with E-state index in [0.717, 1.165) is 39.1 Å². The van der Waals surface area contributed by atoms with Gasteiger partial charge in [0, 0.05) is 29.4 Å². The fraction of sp³-hybridized carbons (Fsp3) is 0.158. The normalized spacial score (nSPS) is 13.0. The predicted octanol–water partition coefficient (Wildman–Crippen LogP) is 4.08. The van der Waals surface area contributed by atoms with Gasteiger partial charge >= 0.3 is 0 Å². The van der Waals surface area contributed by atoms with Crippen LogP contribution in [0.25, 0.3) is 11.3 Å². The van der Waals surface area contributed by atoms with Crippen LogP contribution in [0.2, 0.25) is 0 Å². The lowest BCUT2D eigenvalue weighted by Crippen LogP contribution is -2.20. The topological polar surface area (TPSA) is 54.5 Å². The van der Waals surface area contributed by atoms with Crippen molar-refractivity contribution in [2.45, 2.75) is 6.42 Å². The summed E-state index contributed by atoms with van der Waals surface area (Å²) in [6.07, 6.45) is 0.459. The molecule has 2 heterocycles. The Morgan fingerprint density at radius 1 is 1.20 bits per heavy atom. The number of likely N-dealkylation sites (N-methyl/N-ethyl adjacent to an activating group) is 1. The van der Waals surface area contributed by atoms with Gasteiger partial charge in [0.15, 0.2) is 5.13 Å². The van der Waals surface area contributed by atoms with Crippen molar-refractivity contribution in [2.75, 3.05) is 24.4 Å². The van der Waals surface area contributed by atoms with Crippen LogP contribution in [0.1, 0.15) is 5.56 Å². The molecule has 2 aromatic carbocycles. The summed E-state index contributed by atoms with van der Waals surface area (Å²) in [5.41, 5.74) is 4.94. The highest BCUT2D eigenvalue weighted by Gasteiger charge is 2.24. The van der Waals surface area contributed by atoms with E-state index >= 15 is 0 Å². The Hall–Kier alpha value is -2.86. The molecule has 25 heavy (non-hydrogen) atoms. The average molecular weight is 351 g/mol. The van der Waals surface area contributed by atoms with E-state index in [1.165, 1.54) is 0 Å². The summed E-state index contributed by atoms with van der Waals surface area (Å²) in [7, 11) is 3.46. The van der Waals surface area contributed by atoms with Crippen LogP contribution in [-0.4, -0.2) is 25.0 Å². The van der Waals surface area contributed by atoms with Crippen molar-refractivity contribution in [3.63, 3.8) is 0 Å². The van der Waals surface area contributed by atoms with E-state index in [1.54, 1.807) is 23.3 Å². The monoisotopic (exact) mass is 351 g/mol. The highest BCUT2D eigenvalue weighted by molar-refractivity contribution is 7.14. The van der Waals surface area contributed by atoms with Gasteiger partial charge in [-0.25, -0.2) is 4.98 Å². The summed E-state index contributed by atoms with van der Waals surface area (Å²) >= 11 is 1.55. The Kier molecular flexibility index (Phi) is 3.89. The summed E-state index contributed by atoms with van der Waals surface area (Å²) in [6.45, 7) is 0. The number of carbonyl (C=O) groups is 1. The van der Waals surface area contributed by atoms with Gasteiger partial charge in [-0.05, 0) is 42.0 Å². The number of aromatic nitrogens is 1. The maximum absolute atomic E-state index is 11.8. The first-order valence-corrected chi connectivity index (χ1v) is 8.78. The average Bonchev–Trinajstić information content (AvgIpc) is 3.20. The zero-order valence-electron chi connectivity index (χ0n) is 13.9. The second-order valence-electron chi connectivity index (χ2n) is 5.86. The van der Waals surface area contributed by atoms with Crippen LogP contribution in [0.5, 0.6) is 5.75 Å². The van der Waals surface area contributed by atoms with Crippen LogP contribution < -0.4 is 15.0 Å². The van der Waals surface area contributed by atoms with Crippen LogP contribution in [0.15, 0.2) is 47.8 Å². The molecule has 4 rings (SSSR count). The maximum atomic E-state index is 11.8. The lowest BCUT2D eigenvalue weighted by molar-refractivity contribution is -0.117. The van der Waals surface area contributed by atoms with Crippen LogP contribution in [0.4, 0.5) is 16.5 Å². The highest BCUT2D eigenvalue weighted by atomic mass is 32.1. The van der Waals surface area contributed by atoms with Gasteiger partial charge < -0.3 is 15.0 Å². The number of methoxy groups -OCH3 is 1. The van der Waals surface area contributed by atoms with Crippen molar-refractivity contribution in [1.82, 2.24) is 4.98 Å². The number of fused-ring (bicyclic) bond motifs is 1. The number of amides is 1. The minimum Gasteiger partial charge on any atom is -0.497 e. The molecule has 1 N–H and O–H groups in total. The number of hydrogen-bond donors (Lipinski definition) is 1. The number of nitrogens with zero attached hydrogens (tertiary/aromatic N) is 2. The van der Waals surface area contributed by atoms with Crippen LogP contribution >= 0.6 is 11.3 Å². The summed E-state index contributed by atoms with van der Waals surface area (Å²) < 4.78 is 5.16. The van der Waals surface area contributed by atoms with Crippen molar-refractivity contribution in [3.8, 4) is 17.0 Å². The van der Waals surface area contributed by atoms with Crippen molar-refractivity contribution >= 4 is 33.8 Å². The molecule has 1 aliphatic rings. The standard InChI is InChI=1S/C19H17N3O2S/c1-22-17-8-3-12(9-13(17)10-18(22)23)16-11-25-19(21-16)20-14-4-6-15(24-2)7-5-14/h3-9,11H,10H2,1-2H3,(H,20,21). The highest BCUT2D eigenvalue weighted by Crippen LogP contribution is 2.33. The van der Waals surface area contributed by atoms with Crippen molar-refractivity contribution in [1.29, 1.82) is 0 Å². The zero-order chi connectivity index (χ0) is 17.4. The summed E-state index contributed by atoms with van der Waals surface area (Å²) in [4.78, 5) is 18.2. The van der Waals surface area contributed by atoms with Crippen molar-refractivity contribution in [2.24, 2.45) is 0 Å². The first-order valence-electron chi connectivity index (χ1n) is 7.90. The van der Waals surface area contributed by atoms with E-state index in [-0.39, 0.29) is 5.91 Å². The molecule has 6 heteroatoms. The molecule has 1 aliphatic heterocycles. The molecule has 1 amide bonds. The second kappa shape index (κ2) is 6.22. The van der Waals surface area contributed by atoms with E-state index in [2.05, 4.69) is 16.4 Å². The van der Waals surface area contributed by atoms with Crippen LogP contribution in [0, 0.1) is 0 Å². The molecule has 0 atom stereocenters. The fourth-order valence-electron chi connectivity index (χ4n) is 2.89. The molecule has 0 radical (unpaired) electrons. The molecule has 0 saturated heterocycles. The lowest BCUT2D eigenvalue weighted by Gasteiger charge is -2.09. The van der Waals surface area contributed by atoms with E-state index in [9.17, 15) is 4.79 Å². The molecule has 1 aromatic heterocycles. The Morgan fingerprint density at radius 2 is 2.00 bits per heavy atom. The van der Waals surface area contributed by atoms with Gasteiger partial charge in [-0.15, -0.1) is 11.3 Å². The molecule has 5 nitrogen and oxygen atoms in total. The van der Waals surface area contributed by atoms with E-state index in [0.29, 0.717) is 6.42 Å². The van der Waals surface area contributed by atoms with Gasteiger partial charge in [0.2, 0.25) is 5.91 Å². The number of thiazole rings is 1. The first kappa shape index (κ1) is 15.7. The quantitative estimate of drug-likeness (QED) is 0.769. The number of hydrogen-bond acceptors (Lipinski definition) is 5. The van der Waals surface area contributed by atoms with Gasteiger partial charge in [0.1, 0.15) is 5.75 Å². The molecule has 126 valence electrons. The maximum Gasteiger partial charge on any atom is 0.231 e. The minimum atomic E-state index is 0.132. The largest absolute Gasteiger partial charge is 0.497 e. The minimum absolute atomic E-state index is 0.132. The molecule has 0 spiro atoms. The van der Waals surface area contributed by atoms with Crippen LogP contribution in [0.3, 0.4) is 0 Å². The third-order valence-corrected chi connectivity index (χ3v) is 5.06. The van der Waals surface area contributed by atoms with Gasteiger partial charge in [-0.3, -0.25) is 4.79 Å². The molecule has 0 fully saturated rings. The molecule has 3 aromatic rings. The third kappa shape index (κ3) is 2.96. The van der Waals surface area contributed by atoms with Crippen molar-refractivity contribution < 1.29 is 9.53 Å². The van der Waals surface area contributed by atoms with Gasteiger partial charge in [0.05, 0.1) is 19.2 Å². The van der Waals surface area contributed by atoms with E-state index < -0.39 is 0 Å². The van der Waals surface area contributed by atoms with Crippen molar-refractivity contribution in [3.05, 3.63) is 53.4 Å². The Bertz CT molecular complexity index is 934. The number of rotatable bonds is 4. The first-order chi connectivity index (χ1) is 12.1. The number of ether oxygens (including phenoxy) is 1. The molecule has 0 bridgehead atoms. The van der Waals surface area contributed by atoms with Gasteiger partial charge in [-0.2, -0.15) is 0 Å². The lowest BCUT2D eigenvalue weighted by atomic mass is 10.1. The smallest absolute Gasteiger partial charge is 0.231 e. The third-order valence-electron chi connectivity index (χ3n) is 4.30. The summed E-state index contributed by atoms with van der Waals surface area (Å²) in [6, 6.07) is 13.8. The molecule has 0 saturated carbocycles. The zero-order valence-corrected chi connectivity index (χ0v) is 14.8. The number of anilines is 3. The Labute approximate surface area is 149 Å². The predicted molar refractivity (Wildman–Crippen MR) is 101 cm³/mol. The van der Waals surface area contributed by atoms with E-state index in [4.69, 9.17) is 4.74 Å². The molecule has 0 aliphatic carbocycles. The second-order valence-corrected chi connectivity index (χ2v) is 6.72. The Balaban J connectivity index is 1.55. The van der Waals surface area contributed by atoms with Crippen LogP contribution in [-0.2, 0) is 11.2 Å². The SMILES string of the molecule is COc1ccc(Nc2nc(-c3ccc4c(c3)CC(=O)N4C)cs2)cc1. The summed E-state index contributed by atoms with van der Waals surface area (Å²) in [5, 5.41) is 6.15. The molecular weight excluding hydrogens is 334 g/mol. The number of carbonyl (C=O) groups excluding carboxylic acids is 1. The van der Waals surface area contributed by atoms with Gasteiger partial charge in [-0.1, -0.05) is 6.07 Å². The van der Waals surface area contributed by atoms with Gasteiger partial charge in [0.25, 0.3) is 0 Å². The Morgan fingerprint density at radius 3 is 2.76 bits per heavy atom. The summed E-state index contributed by atoms with van der Waals surface area (Å²) in [5.74, 6) is 0.954. The van der Waals surface area contributed by atoms with E-state index in [1.807, 2.05) is 48.8 Å². The fourth-order valence-corrected chi connectivity index (χ4v) is 3.63. The molecule has 0 unspecified atom stereocenters.